The van der Waals surface area contributed by atoms with Crippen LogP contribution in [0.2, 0.25) is 0 Å². The molecule has 5 heteroatoms. The molecule has 72 valence electrons. The molecule has 1 aromatic rings. The number of halogens is 1. The normalized spacial score (nSPS) is 8.93. The van der Waals surface area contributed by atoms with Crippen molar-refractivity contribution in [3.05, 3.63) is 23.8 Å². The third-order valence-corrected chi connectivity index (χ3v) is 1.56. The lowest BCUT2D eigenvalue weighted by molar-refractivity contribution is 0.223. The molecule has 4 nitrogen and oxygen atoms in total. The number of hydrogen-bond donors (Lipinski definition) is 0. The lowest BCUT2D eigenvalue weighted by atomic mass is 10.2. The summed E-state index contributed by atoms with van der Waals surface area (Å²) in [5, 5.41) is 8.59. The van der Waals surface area contributed by atoms with Crippen molar-refractivity contribution in [1.29, 1.82) is 5.26 Å². The number of hydrogen-bond acceptors (Lipinski definition) is 4. The summed E-state index contributed by atoms with van der Waals surface area (Å²) in [6, 6.07) is 6.32. The van der Waals surface area contributed by atoms with E-state index in [0.29, 0.717) is 5.56 Å². The van der Waals surface area contributed by atoms with Crippen LogP contribution in [0.5, 0.6) is 11.5 Å². The molecule has 0 unspecified atom stereocenters. The van der Waals surface area contributed by atoms with Crippen molar-refractivity contribution >= 4 is 17.0 Å². The van der Waals surface area contributed by atoms with Gasteiger partial charge in [-0.1, -0.05) is 0 Å². The van der Waals surface area contributed by atoms with Crippen LogP contribution >= 0.6 is 11.6 Å². The zero-order valence-electron chi connectivity index (χ0n) is 7.28. The van der Waals surface area contributed by atoms with Crippen molar-refractivity contribution in [1.82, 2.24) is 0 Å². The van der Waals surface area contributed by atoms with Gasteiger partial charge in [-0.25, -0.2) is 4.79 Å². The van der Waals surface area contributed by atoms with Crippen LogP contribution in [-0.2, 0) is 0 Å². The summed E-state index contributed by atoms with van der Waals surface area (Å²) in [6.45, 7) is 0. The average molecular weight is 212 g/mol. The van der Waals surface area contributed by atoms with Gasteiger partial charge in [-0.15, -0.1) is 0 Å². The molecular formula is C9H6ClNO3. The first-order valence-corrected chi connectivity index (χ1v) is 4.00. The maximum atomic E-state index is 10.5. The number of rotatable bonds is 2. The van der Waals surface area contributed by atoms with Crippen molar-refractivity contribution in [3.8, 4) is 17.6 Å². The van der Waals surface area contributed by atoms with Gasteiger partial charge in [0.05, 0.1) is 18.7 Å². The van der Waals surface area contributed by atoms with Crippen molar-refractivity contribution in [2.24, 2.45) is 0 Å². The Bertz CT molecular complexity index is 398. The first-order valence-electron chi connectivity index (χ1n) is 3.63. The summed E-state index contributed by atoms with van der Waals surface area (Å²) in [7, 11) is 1.40. The molecule has 0 aliphatic carbocycles. The molecule has 0 atom stereocenters. The fraction of sp³-hybridized carbons (Fsp3) is 0.111. The standard InChI is InChI=1S/C9H6ClNO3/c1-13-8-4-6(5-11)2-3-7(8)14-9(10)12/h2-4H,1H3. The van der Waals surface area contributed by atoms with Crippen molar-refractivity contribution in [3.63, 3.8) is 0 Å². The Morgan fingerprint density at radius 3 is 2.71 bits per heavy atom. The van der Waals surface area contributed by atoms with Gasteiger partial charge in [0.25, 0.3) is 0 Å². The first kappa shape index (κ1) is 10.4. The molecule has 1 aromatic carbocycles. The molecule has 0 aliphatic rings. The SMILES string of the molecule is COc1cc(C#N)ccc1OC(=O)Cl. The molecule has 0 aliphatic heterocycles. The Hall–Kier alpha value is -1.73. The van der Waals surface area contributed by atoms with E-state index in [2.05, 4.69) is 4.74 Å². The van der Waals surface area contributed by atoms with Gasteiger partial charge in [0, 0.05) is 17.7 Å². The Kier molecular flexibility index (Phi) is 3.32. The average Bonchev–Trinajstić information content (AvgIpc) is 2.17. The lowest BCUT2D eigenvalue weighted by Crippen LogP contribution is -1.98. The molecule has 0 spiro atoms. The van der Waals surface area contributed by atoms with Gasteiger partial charge >= 0.3 is 5.43 Å². The highest BCUT2D eigenvalue weighted by Gasteiger charge is 2.08. The van der Waals surface area contributed by atoms with E-state index in [4.69, 9.17) is 21.6 Å². The number of carbonyl (C=O) groups is 1. The van der Waals surface area contributed by atoms with Gasteiger partial charge in [-0.3, -0.25) is 0 Å². The second kappa shape index (κ2) is 4.49. The highest BCUT2D eigenvalue weighted by atomic mass is 35.5. The molecular weight excluding hydrogens is 206 g/mol. The quantitative estimate of drug-likeness (QED) is 0.705. The Balaban J connectivity index is 3.06. The van der Waals surface area contributed by atoms with Crippen LogP contribution in [0.3, 0.4) is 0 Å². The molecule has 0 fully saturated rings. The highest BCUT2D eigenvalue weighted by molar-refractivity contribution is 6.61. The monoisotopic (exact) mass is 211 g/mol. The molecule has 0 saturated carbocycles. The summed E-state index contributed by atoms with van der Waals surface area (Å²) in [5.74, 6) is 0.476. The van der Waals surface area contributed by atoms with E-state index < -0.39 is 5.43 Å². The summed E-state index contributed by atoms with van der Waals surface area (Å²) >= 11 is 5.03. The minimum absolute atomic E-state index is 0.187. The fourth-order valence-corrected chi connectivity index (χ4v) is 0.991. The minimum Gasteiger partial charge on any atom is -0.493 e. The fourth-order valence-electron chi connectivity index (χ4n) is 0.908. The van der Waals surface area contributed by atoms with Gasteiger partial charge in [0.2, 0.25) is 0 Å². The second-order valence-corrected chi connectivity index (χ2v) is 2.63. The molecule has 14 heavy (non-hydrogen) atoms. The second-order valence-electron chi connectivity index (χ2n) is 2.32. The summed E-state index contributed by atoms with van der Waals surface area (Å²) in [4.78, 5) is 10.5. The predicted molar refractivity (Wildman–Crippen MR) is 49.6 cm³/mol. The van der Waals surface area contributed by atoms with Crippen LogP contribution in [0.15, 0.2) is 18.2 Å². The number of methoxy groups -OCH3 is 1. The molecule has 0 heterocycles. The van der Waals surface area contributed by atoms with Crippen LogP contribution < -0.4 is 9.47 Å². The van der Waals surface area contributed by atoms with Crippen LogP contribution in [0, 0.1) is 11.3 Å². The predicted octanol–water partition coefficient (Wildman–Crippen LogP) is 2.30. The number of ether oxygens (including phenoxy) is 2. The van der Waals surface area contributed by atoms with Gasteiger partial charge in [-0.05, 0) is 12.1 Å². The Morgan fingerprint density at radius 2 is 2.21 bits per heavy atom. The Morgan fingerprint density at radius 1 is 1.50 bits per heavy atom. The van der Waals surface area contributed by atoms with E-state index in [1.807, 2.05) is 6.07 Å². The molecule has 0 aromatic heterocycles. The molecule has 1 rings (SSSR count). The third kappa shape index (κ3) is 2.38. The zero-order valence-corrected chi connectivity index (χ0v) is 8.04. The number of nitrogens with zero attached hydrogens (tertiary/aromatic N) is 1. The largest absolute Gasteiger partial charge is 0.493 e. The van der Waals surface area contributed by atoms with Gasteiger partial charge in [0.1, 0.15) is 0 Å². The maximum Gasteiger partial charge on any atom is 0.409 e. The van der Waals surface area contributed by atoms with Crippen molar-refractivity contribution < 1.29 is 14.3 Å². The van der Waals surface area contributed by atoms with E-state index in [0.717, 1.165) is 0 Å². The molecule has 0 saturated heterocycles. The Labute approximate surface area is 85.6 Å². The van der Waals surface area contributed by atoms with Crippen molar-refractivity contribution in [2.75, 3.05) is 7.11 Å². The summed E-state index contributed by atoms with van der Waals surface area (Å²) in [5.41, 5.74) is -0.538. The minimum atomic E-state index is -0.951. The number of carbonyl (C=O) groups excluding carboxylic acids is 1. The third-order valence-electron chi connectivity index (χ3n) is 1.48. The lowest BCUT2D eigenvalue weighted by Gasteiger charge is -2.06. The molecule has 0 bridgehead atoms. The highest BCUT2D eigenvalue weighted by Crippen LogP contribution is 2.28. The number of benzene rings is 1. The summed E-state index contributed by atoms with van der Waals surface area (Å²) in [6.07, 6.45) is 0. The van der Waals surface area contributed by atoms with E-state index in [1.54, 1.807) is 0 Å². The van der Waals surface area contributed by atoms with Crippen LogP contribution in [0.25, 0.3) is 0 Å². The number of nitriles is 1. The van der Waals surface area contributed by atoms with E-state index >= 15 is 0 Å². The van der Waals surface area contributed by atoms with Crippen molar-refractivity contribution in [2.45, 2.75) is 0 Å². The summed E-state index contributed by atoms with van der Waals surface area (Å²) < 4.78 is 9.53. The molecule has 0 radical (unpaired) electrons. The zero-order chi connectivity index (χ0) is 10.6. The van der Waals surface area contributed by atoms with Crippen LogP contribution in [0.4, 0.5) is 4.79 Å². The van der Waals surface area contributed by atoms with Gasteiger partial charge in [-0.2, -0.15) is 5.26 Å². The smallest absolute Gasteiger partial charge is 0.409 e. The maximum absolute atomic E-state index is 10.5. The van der Waals surface area contributed by atoms with E-state index in [9.17, 15) is 4.79 Å². The van der Waals surface area contributed by atoms with E-state index in [1.165, 1.54) is 25.3 Å². The molecule has 0 N–H and O–H groups in total. The topological polar surface area (TPSA) is 59.3 Å². The van der Waals surface area contributed by atoms with Crippen LogP contribution in [0.1, 0.15) is 5.56 Å². The van der Waals surface area contributed by atoms with E-state index in [-0.39, 0.29) is 11.5 Å². The van der Waals surface area contributed by atoms with Gasteiger partial charge < -0.3 is 9.47 Å². The van der Waals surface area contributed by atoms with Crippen LogP contribution in [-0.4, -0.2) is 12.5 Å². The van der Waals surface area contributed by atoms with Gasteiger partial charge in [0.15, 0.2) is 11.5 Å². The molecule has 0 amide bonds. The first-order chi connectivity index (χ1) is 6.67.